The van der Waals surface area contributed by atoms with Gasteiger partial charge >= 0.3 is 5.97 Å². The van der Waals surface area contributed by atoms with E-state index < -0.39 is 18.0 Å². The van der Waals surface area contributed by atoms with Gasteiger partial charge in [-0.2, -0.15) is 0 Å². The van der Waals surface area contributed by atoms with Gasteiger partial charge in [-0.1, -0.05) is 31.2 Å². The van der Waals surface area contributed by atoms with Crippen molar-refractivity contribution in [2.45, 2.75) is 63.1 Å². The molecule has 4 rings (SSSR count). The molecule has 0 aromatic heterocycles. The summed E-state index contributed by atoms with van der Waals surface area (Å²) in [6, 6.07) is 8.55. The predicted molar refractivity (Wildman–Crippen MR) is 120 cm³/mol. The van der Waals surface area contributed by atoms with E-state index in [4.69, 9.17) is 5.73 Å². The van der Waals surface area contributed by atoms with E-state index in [9.17, 15) is 19.8 Å². The van der Waals surface area contributed by atoms with Crippen molar-refractivity contribution in [2.75, 3.05) is 6.54 Å². The Labute approximate surface area is 187 Å². The molecule has 2 saturated heterocycles. The molecule has 5 N–H and O–H groups in total. The van der Waals surface area contributed by atoms with Crippen molar-refractivity contribution in [2.24, 2.45) is 17.6 Å². The number of aliphatic hydroxyl groups excluding tert-OH is 1. The first-order chi connectivity index (χ1) is 14.8. The number of carboxylic acids is 1. The van der Waals surface area contributed by atoms with Crippen molar-refractivity contribution in [1.82, 2.24) is 10.2 Å². The Balaban J connectivity index is 1.38. The number of carbonyl (C=O) groups is 2. The Morgan fingerprint density at radius 2 is 2.00 bits per heavy atom. The van der Waals surface area contributed by atoms with Crippen LogP contribution in [-0.2, 0) is 22.6 Å². The van der Waals surface area contributed by atoms with Crippen molar-refractivity contribution in [3.63, 3.8) is 0 Å². The Bertz CT molecular complexity index is 885. The van der Waals surface area contributed by atoms with E-state index in [0.717, 1.165) is 36.3 Å². The number of rotatable bonds is 8. The fraction of sp³-hybridized carbons (Fsp3) is 0.565. The van der Waals surface area contributed by atoms with Crippen LogP contribution in [0, 0.1) is 11.8 Å². The van der Waals surface area contributed by atoms with Crippen LogP contribution in [0.4, 0.5) is 0 Å². The van der Waals surface area contributed by atoms with Gasteiger partial charge in [-0.3, -0.25) is 4.79 Å². The zero-order valence-corrected chi connectivity index (χ0v) is 18.8. The fourth-order valence-electron chi connectivity index (χ4n) is 5.13. The number of fused-ring (bicyclic) bond motifs is 1. The maximum atomic E-state index is 12.5. The molecule has 0 unspecified atom stereocenters. The number of amides is 1. The standard InChI is InChI=1S/C23H31N3O4S/c1-12-19-18(13(2)27)22(28)26(19)20(23(29)30)21(12)31-17-9-16(25-11-17)8-7-14-3-5-15(10-24)6-4-14/h3-6,12-13,16-19,25,27H,7-11,24H2,1-2H3,(H,29,30)/t12-,13-,16-,17+,18-,19-/m1/s1. The van der Waals surface area contributed by atoms with Gasteiger partial charge in [0, 0.05) is 35.2 Å². The van der Waals surface area contributed by atoms with Crippen LogP contribution in [0.15, 0.2) is 34.9 Å². The molecule has 3 aliphatic heterocycles. The second kappa shape index (κ2) is 8.94. The highest BCUT2D eigenvalue weighted by Gasteiger charge is 2.60. The molecule has 0 saturated carbocycles. The lowest BCUT2D eigenvalue weighted by molar-refractivity contribution is -0.163. The van der Waals surface area contributed by atoms with Crippen molar-refractivity contribution < 1.29 is 19.8 Å². The molecule has 6 atom stereocenters. The summed E-state index contributed by atoms with van der Waals surface area (Å²) in [5.41, 5.74) is 8.20. The number of hydrogen-bond acceptors (Lipinski definition) is 6. The average Bonchev–Trinajstić information content (AvgIpc) is 3.28. The van der Waals surface area contributed by atoms with E-state index in [1.165, 1.54) is 10.5 Å². The summed E-state index contributed by atoms with van der Waals surface area (Å²) in [6.07, 6.45) is 2.20. The van der Waals surface area contributed by atoms with E-state index in [1.807, 2.05) is 6.92 Å². The molecule has 7 nitrogen and oxygen atoms in total. The van der Waals surface area contributed by atoms with Crippen LogP contribution in [0.1, 0.15) is 37.8 Å². The highest BCUT2D eigenvalue weighted by molar-refractivity contribution is 8.03. The van der Waals surface area contributed by atoms with Gasteiger partial charge in [0.2, 0.25) is 5.91 Å². The summed E-state index contributed by atoms with van der Waals surface area (Å²) in [6.45, 7) is 4.96. The quantitative estimate of drug-likeness (QED) is 0.450. The topological polar surface area (TPSA) is 116 Å². The number of nitrogens with two attached hydrogens (primary N) is 1. The number of nitrogens with one attached hydrogen (secondary N) is 1. The number of thioether (sulfide) groups is 1. The van der Waals surface area contributed by atoms with Gasteiger partial charge in [0.1, 0.15) is 5.70 Å². The molecule has 1 aromatic rings. The second-order valence-corrected chi connectivity index (χ2v) is 10.3. The molecule has 3 aliphatic rings. The van der Waals surface area contributed by atoms with Crippen molar-refractivity contribution in [3.05, 3.63) is 46.0 Å². The SMILES string of the molecule is C[C@@H](O)[C@H]1C(=O)N2C(C(=O)O)=C(S[C@@H]3CN[C@H](CCc4ccc(CN)cc4)C3)[C@H](C)[C@H]12. The molecule has 3 heterocycles. The lowest BCUT2D eigenvalue weighted by atomic mass is 9.79. The first kappa shape index (κ1) is 22.3. The molecule has 2 fully saturated rings. The number of carbonyl (C=O) groups excluding carboxylic acids is 1. The van der Waals surface area contributed by atoms with Gasteiger partial charge in [-0.25, -0.2) is 4.79 Å². The van der Waals surface area contributed by atoms with Crippen LogP contribution in [0.5, 0.6) is 0 Å². The summed E-state index contributed by atoms with van der Waals surface area (Å²) in [7, 11) is 0. The van der Waals surface area contributed by atoms with E-state index >= 15 is 0 Å². The van der Waals surface area contributed by atoms with Gasteiger partial charge in [-0.05, 0) is 37.3 Å². The zero-order chi connectivity index (χ0) is 22.3. The molecular weight excluding hydrogens is 414 g/mol. The van der Waals surface area contributed by atoms with E-state index in [-0.39, 0.29) is 28.8 Å². The molecule has 168 valence electrons. The second-order valence-electron chi connectivity index (χ2n) is 8.91. The van der Waals surface area contributed by atoms with E-state index in [1.54, 1.807) is 18.7 Å². The maximum Gasteiger partial charge on any atom is 0.353 e. The first-order valence-electron chi connectivity index (χ1n) is 11.0. The van der Waals surface area contributed by atoms with Gasteiger partial charge in [0.15, 0.2) is 0 Å². The third-order valence-electron chi connectivity index (χ3n) is 6.83. The molecule has 1 aromatic carbocycles. The Morgan fingerprint density at radius 3 is 2.61 bits per heavy atom. The van der Waals surface area contributed by atoms with Crippen molar-refractivity contribution in [3.8, 4) is 0 Å². The Kier molecular flexibility index (Phi) is 6.44. The summed E-state index contributed by atoms with van der Waals surface area (Å²) in [4.78, 5) is 26.6. The summed E-state index contributed by atoms with van der Waals surface area (Å²) < 4.78 is 0. The minimum Gasteiger partial charge on any atom is -0.477 e. The van der Waals surface area contributed by atoms with E-state index in [0.29, 0.717) is 12.6 Å². The molecular formula is C23H31N3O4S. The molecule has 0 spiro atoms. The number of nitrogens with zero attached hydrogens (tertiary/aromatic N) is 1. The minimum atomic E-state index is -1.06. The van der Waals surface area contributed by atoms with Gasteiger partial charge in [0.05, 0.1) is 18.1 Å². The third-order valence-corrected chi connectivity index (χ3v) is 8.34. The van der Waals surface area contributed by atoms with Crippen molar-refractivity contribution in [1.29, 1.82) is 0 Å². The normalized spacial score (nSPS) is 31.0. The van der Waals surface area contributed by atoms with Gasteiger partial charge < -0.3 is 26.2 Å². The monoisotopic (exact) mass is 445 g/mol. The van der Waals surface area contributed by atoms with E-state index in [2.05, 4.69) is 29.6 Å². The van der Waals surface area contributed by atoms with Crippen LogP contribution < -0.4 is 11.1 Å². The highest BCUT2D eigenvalue weighted by atomic mass is 32.2. The lowest BCUT2D eigenvalue weighted by Crippen LogP contribution is -2.63. The number of β-lactam (4-membered cyclic amide) rings is 1. The number of aryl methyl sites for hydroxylation is 1. The summed E-state index contributed by atoms with van der Waals surface area (Å²) in [5.74, 6) is -1.92. The number of aliphatic carboxylic acids is 1. The lowest BCUT2D eigenvalue weighted by Gasteiger charge is -2.46. The van der Waals surface area contributed by atoms with Crippen LogP contribution in [-0.4, -0.2) is 57.0 Å². The number of aliphatic hydroxyl groups is 1. The minimum absolute atomic E-state index is 0.0755. The first-order valence-corrected chi connectivity index (χ1v) is 11.9. The molecule has 1 amide bonds. The van der Waals surface area contributed by atoms with Crippen LogP contribution >= 0.6 is 11.8 Å². The smallest absolute Gasteiger partial charge is 0.353 e. The van der Waals surface area contributed by atoms with Gasteiger partial charge in [0.25, 0.3) is 0 Å². The van der Waals surface area contributed by atoms with Crippen molar-refractivity contribution >= 4 is 23.6 Å². The molecule has 0 radical (unpaired) electrons. The van der Waals surface area contributed by atoms with Crippen LogP contribution in [0.25, 0.3) is 0 Å². The number of carboxylic acid groups (broad SMARTS) is 1. The zero-order valence-electron chi connectivity index (χ0n) is 18.0. The Morgan fingerprint density at radius 1 is 1.32 bits per heavy atom. The third kappa shape index (κ3) is 4.14. The summed E-state index contributed by atoms with van der Waals surface area (Å²) >= 11 is 1.60. The van der Waals surface area contributed by atoms with Crippen LogP contribution in [0.2, 0.25) is 0 Å². The number of benzene rings is 1. The average molecular weight is 446 g/mol. The molecule has 31 heavy (non-hydrogen) atoms. The summed E-state index contributed by atoms with van der Waals surface area (Å²) in [5, 5.41) is 23.6. The maximum absolute atomic E-state index is 12.5. The predicted octanol–water partition coefficient (Wildman–Crippen LogP) is 1.70. The molecule has 0 aliphatic carbocycles. The van der Waals surface area contributed by atoms with Gasteiger partial charge in [-0.15, -0.1) is 11.8 Å². The van der Waals surface area contributed by atoms with Crippen LogP contribution in [0.3, 0.4) is 0 Å². The Hall–Kier alpha value is -1.87. The fourth-order valence-corrected chi connectivity index (χ4v) is 6.65. The molecule has 0 bridgehead atoms. The molecule has 8 heteroatoms. The highest BCUT2D eigenvalue weighted by Crippen LogP contribution is 2.51. The number of hydrogen-bond donors (Lipinski definition) is 4. The largest absolute Gasteiger partial charge is 0.477 e.